The zero-order valence-corrected chi connectivity index (χ0v) is 11.2. The highest BCUT2D eigenvalue weighted by atomic mass is 16.2. The third kappa shape index (κ3) is 2.74. The number of nitrogens with one attached hydrogen (secondary N) is 2. The van der Waals surface area contributed by atoms with Crippen LogP contribution in [-0.2, 0) is 0 Å². The van der Waals surface area contributed by atoms with E-state index < -0.39 is 6.03 Å². The molecule has 1 aromatic rings. The summed E-state index contributed by atoms with van der Waals surface area (Å²) in [5, 5.41) is 5.16. The van der Waals surface area contributed by atoms with Gasteiger partial charge in [-0.25, -0.2) is 4.79 Å². The van der Waals surface area contributed by atoms with Crippen molar-refractivity contribution in [2.75, 3.05) is 6.54 Å². The van der Waals surface area contributed by atoms with E-state index in [2.05, 4.69) is 22.8 Å². The smallest absolute Gasteiger partial charge is 0.321 e. The normalized spacial score (nSPS) is 26.5. The number of hydrogen-bond donors (Lipinski definition) is 2. The van der Waals surface area contributed by atoms with E-state index >= 15 is 0 Å². The lowest BCUT2D eigenvalue weighted by atomic mass is 9.94. The van der Waals surface area contributed by atoms with Crippen molar-refractivity contribution < 1.29 is 9.59 Å². The zero-order chi connectivity index (χ0) is 13.9. The fourth-order valence-electron chi connectivity index (χ4n) is 3.16. The van der Waals surface area contributed by atoms with Crippen LogP contribution in [0.1, 0.15) is 23.2 Å². The molecule has 1 aromatic carbocycles. The molecule has 3 amide bonds. The third-order valence-corrected chi connectivity index (χ3v) is 4.20. The summed E-state index contributed by atoms with van der Waals surface area (Å²) in [6.45, 7) is 0.638. The SMILES string of the molecule is O=C(NC[C@H]1C[C@@H]2C=C[C@H]1C2)NC(=O)c1ccccc1. The first kappa shape index (κ1) is 12.9. The highest BCUT2D eigenvalue weighted by Gasteiger charge is 2.35. The lowest BCUT2D eigenvalue weighted by molar-refractivity contribution is 0.0963. The Morgan fingerprint density at radius 2 is 1.90 bits per heavy atom. The second-order valence-corrected chi connectivity index (χ2v) is 5.57. The van der Waals surface area contributed by atoms with E-state index in [0.29, 0.717) is 29.9 Å². The second-order valence-electron chi connectivity index (χ2n) is 5.57. The van der Waals surface area contributed by atoms with Gasteiger partial charge in [0.05, 0.1) is 0 Å². The summed E-state index contributed by atoms with van der Waals surface area (Å²) in [6, 6.07) is 8.33. The molecule has 0 aromatic heterocycles. The number of allylic oxidation sites excluding steroid dienone is 2. The van der Waals surface area contributed by atoms with Gasteiger partial charge in [-0.15, -0.1) is 0 Å². The topological polar surface area (TPSA) is 58.2 Å². The van der Waals surface area contributed by atoms with Gasteiger partial charge in [-0.1, -0.05) is 30.4 Å². The van der Waals surface area contributed by atoms with Crippen molar-refractivity contribution in [2.45, 2.75) is 12.8 Å². The summed E-state index contributed by atoms with van der Waals surface area (Å²) in [6.07, 6.45) is 6.90. The summed E-state index contributed by atoms with van der Waals surface area (Å²) in [4.78, 5) is 23.5. The molecule has 4 nitrogen and oxygen atoms in total. The molecule has 2 aliphatic rings. The Labute approximate surface area is 118 Å². The lowest BCUT2D eigenvalue weighted by Gasteiger charge is -2.18. The Hall–Kier alpha value is -2.10. The van der Waals surface area contributed by atoms with Crippen molar-refractivity contribution >= 4 is 11.9 Å². The van der Waals surface area contributed by atoms with Gasteiger partial charge >= 0.3 is 6.03 Å². The number of urea groups is 1. The molecule has 0 radical (unpaired) electrons. The molecule has 0 saturated heterocycles. The Morgan fingerprint density at radius 3 is 2.55 bits per heavy atom. The maximum Gasteiger partial charge on any atom is 0.321 e. The number of fused-ring (bicyclic) bond motifs is 2. The molecule has 0 unspecified atom stereocenters. The molecule has 1 fully saturated rings. The minimum atomic E-state index is -0.411. The monoisotopic (exact) mass is 270 g/mol. The van der Waals surface area contributed by atoms with E-state index in [9.17, 15) is 9.59 Å². The third-order valence-electron chi connectivity index (χ3n) is 4.20. The van der Waals surface area contributed by atoms with Gasteiger partial charge in [0.25, 0.3) is 5.91 Å². The molecule has 0 aliphatic heterocycles. The molecular formula is C16H18N2O2. The molecule has 3 rings (SSSR count). The van der Waals surface area contributed by atoms with Gasteiger partial charge in [0.15, 0.2) is 0 Å². The van der Waals surface area contributed by atoms with E-state index in [-0.39, 0.29) is 5.91 Å². The van der Waals surface area contributed by atoms with Crippen LogP contribution in [0.25, 0.3) is 0 Å². The van der Waals surface area contributed by atoms with E-state index in [4.69, 9.17) is 0 Å². The van der Waals surface area contributed by atoms with Crippen molar-refractivity contribution in [2.24, 2.45) is 17.8 Å². The molecule has 1 saturated carbocycles. The predicted octanol–water partition coefficient (Wildman–Crippen LogP) is 2.34. The Morgan fingerprint density at radius 1 is 1.10 bits per heavy atom. The zero-order valence-electron chi connectivity index (χ0n) is 11.2. The number of imide groups is 1. The van der Waals surface area contributed by atoms with Crippen LogP contribution in [0.5, 0.6) is 0 Å². The minimum absolute atomic E-state index is 0.365. The molecule has 3 atom stereocenters. The molecule has 2 N–H and O–H groups in total. The summed E-state index contributed by atoms with van der Waals surface area (Å²) in [5.74, 6) is 1.45. The van der Waals surface area contributed by atoms with Crippen LogP contribution < -0.4 is 10.6 Å². The molecule has 2 aliphatic carbocycles. The Bertz CT molecular complexity index is 539. The summed E-state index contributed by atoms with van der Waals surface area (Å²) < 4.78 is 0. The van der Waals surface area contributed by atoms with Gasteiger partial charge < -0.3 is 5.32 Å². The maximum atomic E-state index is 11.8. The van der Waals surface area contributed by atoms with Gasteiger partial charge in [0.1, 0.15) is 0 Å². The standard InChI is InChI=1S/C16H18N2O2/c19-15(12-4-2-1-3-5-12)18-16(20)17-10-14-9-11-6-7-13(14)8-11/h1-7,11,13-14H,8-10H2,(H2,17,18,19,20)/t11-,13+,14-/m1/s1. The fourth-order valence-corrected chi connectivity index (χ4v) is 3.16. The van der Waals surface area contributed by atoms with Crippen LogP contribution in [-0.4, -0.2) is 18.5 Å². The average Bonchev–Trinajstić information content (AvgIpc) is 3.08. The van der Waals surface area contributed by atoms with Crippen LogP contribution in [0.2, 0.25) is 0 Å². The Kier molecular flexibility index (Phi) is 3.54. The highest BCUT2D eigenvalue weighted by Crippen LogP contribution is 2.42. The van der Waals surface area contributed by atoms with Crippen molar-refractivity contribution in [1.82, 2.24) is 10.6 Å². The molecule has 104 valence electrons. The van der Waals surface area contributed by atoms with E-state index in [1.165, 1.54) is 6.42 Å². The predicted molar refractivity (Wildman–Crippen MR) is 76.2 cm³/mol. The van der Waals surface area contributed by atoms with Gasteiger partial charge in [0, 0.05) is 12.1 Å². The fraction of sp³-hybridized carbons (Fsp3) is 0.375. The number of amides is 3. The molecule has 0 heterocycles. The van der Waals surface area contributed by atoms with Crippen LogP contribution >= 0.6 is 0 Å². The highest BCUT2D eigenvalue weighted by molar-refractivity contribution is 6.04. The van der Waals surface area contributed by atoms with Crippen molar-refractivity contribution in [3.63, 3.8) is 0 Å². The first-order chi connectivity index (χ1) is 9.72. The summed E-state index contributed by atoms with van der Waals surface area (Å²) in [5.41, 5.74) is 0.491. The van der Waals surface area contributed by atoms with E-state index in [0.717, 1.165) is 6.42 Å². The lowest BCUT2D eigenvalue weighted by Crippen LogP contribution is -2.41. The first-order valence-corrected chi connectivity index (χ1v) is 7.05. The van der Waals surface area contributed by atoms with Crippen LogP contribution in [0.15, 0.2) is 42.5 Å². The van der Waals surface area contributed by atoms with Gasteiger partial charge in [-0.2, -0.15) is 0 Å². The largest absolute Gasteiger partial charge is 0.337 e. The van der Waals surface area contributed by atoms with Crippen molar-refractivity contribution in [1.29, 1.82) is 0 Å². The number of hydrogen-bond acceptors (Lipinski definition) is 2. The van der Waals surface area contributed by atoms with Crippen LogP contribution in [0, 0.1) is 17.8 Å². The van der Waals surface area contributed by atoms with E-state index in [1.807, 2.05) is 6.07 Å². The first-order valence-electron chi connectivity index (χ1n) is 7.05. The van der Waals surface area contributed by atoms with E-state index in [1.54, 1.807) is 24.3 Å². The van der Waals surface area contributed by atoms with Crippen molar-refractivity contribution in [3.8, 4) is 0 Å². The van der Waals surface area contributed by atoms with Gasteiger partial charge in [0.2, 0.25) is 0 Å². The number of rotatable bonds is 3. The average molecular weight is 270 g/mol. The summed E-state index contributed by atoms with van der Waals surface area (Å²) in [7, 11) is 0. The molecule has 20 heavy (non-hydrogen) atoms. The number of carbonyl (C=O) groups excluding carboxylic acids is 2. The molecule has 0 spiro atoms. The molecule has 2 bridgehead atoms. The Balaban J connectivity index is 1.46. The van der Waals surface area contributed by atoms with Crippen molar-refractivity contribution in [3.05, 3.63) is 48.0 Å². The quantitative estimate of drug-likeness (QED) is 0.828. The van der Waals surface area contributed by atoms with Crippen LogP contribution in [0.4, 0.5) is 4.79 Å². The van der Waals surface area contributed by atoms with Gasteiger partial charge in [-0.05, 0) is 42.7 Å². The molecular weight excluding hydrogens is 252 g/mol. The second kappa shape index (κ2) is 5.49. The maximum absolute atomic E-state index is 11.8. The van der Waals surface area contributed by atoms with Crippen LogP contribution in [0.3, 0.4) is 0 Å². The number of benzene rings is 1. The molecule has 4 heteroatoms. The minimum Gasteiger partial charge on any atom is -0.337 e. The number of carbonyl (C=O) groups is 2. The summed E-state index contributed by atoms with van der Waals surface area (Å²) >= 11 is 0. The van der Waals surface area contributed by atoms with Gasteiger partial charge in [-0.3, -0.25) is 10.1 Å².